The molecule has 0 saturated heterocycles. The molecule has 8 heteroatoms. The second kappa shape index (κ2) is 21.3. The first-order valence-electron chi connectivity index (χ1n) is 17.3. The van der Waals surface area contributed by atoms with Crippen LogP contribution in [0.1, 0.15) is 95.5 Å². The van der Waals surface area contributed by atoms with Crippen LogP contribution >= 0.6 is 0 Å². The lowest BCUT2D eigenvalue weighted by Gasteiger charge is -2.29. The summed E-state index contributed by atoms with van der Waals surface area (Å²) >= 11 is 0. The predicted molar refractivity (Wildman–Crippen MR) is 185 cm³/mol. The van der Waals surface area contributed by atoms with Crippen molar-refractivity contribution < 1.29 is 38.7 Å². The van der Waals surface area contributed by atoms with E-state index < -0.39 is 25.2 Å². The van der Waals surface area contributed by atoms with Crippen molar-refractivity contribution in [1.29, 1.82) is 0 Å². The zero-order chi connectivity index (χ0) is 33.9. The average Bonchev–Trinajstić information content (AvgIpc) is 3.10. The molecule has 2 aromatic carbocycles. The summed E-state index contributed by atoms with van der Waals surface area (Å²) in [4.78, 5) is 23.5. The Balaban J connectivity index is 1.57. The van der Waals surface area contributed by atoms with Crippen molar-refractivity contribution in [2.45, 2.75) is 89.9 Å². The number of ether oxygens (including phenoxy) is 4. The molecular weight excluding hydrogens is 596 g/mol. The van der Waals surface area contributed by atoms with Crippen LogP contribution in [0.15, 0.2) is 66.8 Å². The maximum atomic E-state index is 11.8. The fraction of sp³-hybridized carbons (Fsp3) is 0.538. The van der Waals surface area contributed by atoms with Crippen LogP contribution in [0.3, 0.4) is 0 Å². The topological polar surface area (TPSA) is 112 Å². The molecule has 1 saturated carbocycles. The summed E-state index contributed by atoms with van der Waals surface area (Å²) in [6, 6.07) is 14.2. The molecule has 258 valence electrons. The minimum absolute atomic E-state index is 0.0149. The lowest BCUT2D eigenvalue weighted by Crippen LogP contribution is -2.15. The third kappa shape index (κ3) is 13.6. The first-order valence-corrected chi connectivity index (χ1v) is 17.3. The molecule has 2 N–H and O–H groups in total. The highest BCUT2D eigenvalue weighted by molar-refractivity contribution is 5.88. The number of esters is 2. The lowest BCUT2D eigenvalue weighted by atomic mass is 9.77. The van der Waals surface area contributed by atoms with Crippen LogP contribution in [-0.4, -0.2) is 61.8 Å². The van der Waals surface area contributed by atoms with Crippen molar-refractivity contribution in [3.8, 4) is 22.6 Å². The van der Waals surface area contributed by atoms with Crippen molar-refractivity contribution in [1.82, 2.24) is 0 Å². The highest BCUT2D eigenvalue weighted by Gasteiger charge is 2.22. The van der Waals surface area contributed by atoms with Gasteiger partial charge in [0, 0.05) is 6.07 Å². The van der Waals surface area contributed by atoms with Gasteiger partial charge in [-0.05, 0) is 66.3 Å². The van der Waals surface area contributed by atoms with E-state index in [-0.39, 0.29) is 37.6 Å². The molecule has 0 atom stereocenters. The number of benzene rings is 2. The fourth-order valence-electron chi connectivity index (χ4n) is 5.95. The minimum atomic E-state index is -0.672. The SMILES string of the molecule is C=C(CO)C(=O)OCCOc1cc(OCCOC(=O)C(=C)CO)cc(-c2ccc(C3CCC(CCCCCCCCC)CC3)cc2)c1. The van der Waals surface area contributed by atoms with Gasteiger partial charge in [0.05, 0.1) is 24.4 Å². The van der Waals surface area contributed by atoms with Crippen molar-refractivity contribution in [3.63, 3.8) is 0 Å². The Morgan fingerprint density at radius 3 is 1.70 bits per heavy atom. The van der Waals surface area contributed by atoms with E-state index in [0.717, 1.165) is 17.0 Å². The molecule has 0 aliphatic heterocycles. The van der Waals surface area contributed by atoms with Gasteiger partial charge in [0.2, 0.25) is 0 Å². The smallest absolute Gasteiger partial charge is 0.335 e. The van der Waals surface area contributed by atoms with E-state index in [1.807, 2.05) is 12.1 Å². The zero-order valence-electron chi connectivity index (χ0n) is 28.2. The minimum Gasteiger partial charge on any atom is -0.490 e. The predicted octanol–water partition coefficient (Wildman–Crippen LogP) is 7.71. The van der Waals surface area contributed by atoms with E-state index in [2.05, 4.69) is 44.3 Å². The van der Waals surface area contributed by atoms with Gasteiger partial charge in [0.25, 0.3) is 0 Å². The van der Waals surface area contributed by atoms with Crippen molar-refractivity contribution in [3.05, 3.63) is 72.3 Å². The molecule has 8 nitrogen and oxygen atoms in total. The molecule has 0 amide bonds. The summed E-state index contributed by atoms with van der Waals surface area (Å²) in [5, 5.41) is 18.1. The van der Waals surface area contributed by atoms with Crippen LogP contribution in [0.5, 0.6) is 11.5 Å². The second-order valence-electron chi connectivity index (χ2n) is 12.4. The molecule has 0 bridgehead atoms. The monoisotopic (exact) mass is 650 g/mol. The van der Waals surface area contributed by atoms with Crippen molar-refractivity contribution in [2.75, 3.05) is 39.6 Å². The Bertz CT molecular complexity index is 1210. The number of aliphatic hydroxyl groups is 2. The Hall–Kier alpha value is -3.62. The molecule has 0 aromatic heterocycles. The average molecular weight is 651 g/mol. The standard InChI is InChI=1S/C39H54O8/c1-4-5-6-7-8-9-10-11-31-12-14-32(15-13-31)33-16-18-34(19-17-33)35-24-36(44-20-22-46-38(42)29(2)27-40)26-37(25-35)45-21-23-47-39(43)30(3)28-41/h16-19,24-26,31-32,40-41H,2-15,20-23,27-28H2,1H3. The van der Waals surface area contributed by atoms with E-state index in [1.54, 1.807) is 6.07 Å². The summed E-state index contributed by atoms with van der Waals surface area (Å²) in [6.45, 7) is 8.41. The third-order valence-corrected chi connectivity index (χ3v) is 8.79. The highest BCUT2D eigenvalue weighted by atomic mass is 16.6. The van der Waals surface area contributed by atoms with Gasteiger partial charge in [-0.1, -0.05) is 95.7 Å². The fourth-order valence-corrected chi connectivity index (χ4v) is 5.95. The molecule has 47 heavy (non-hydrogen) atoms. The number of aliphatic hydroxyl groups excluding tert-OH is 2. The van der Waals surface area contributed by atoms with Crippen molar-refractivity contribution in [2.24, 2.45) is 5.92 Å². The second-order valence-corrected chi connectivity index (χ2v) is 12.4. The van der Waals surface area contributed by atoms with Crippen LogP contribution in [-0.2, 0) is 19.1 Å². The summed E-state index contributed by atoms with van der Waals surface area (Å²) in [5.41, 5.74) is 3.23. The normalized spacial score (nSPS) is 15.9. The van der Waals surface area contributed by atoms with Gasteiger partial charge in [-0.25, -0.2) is 9.59 Å². The van der Waals surface area contributed by atoms with E-state index in [0.29, 0.717) is 17.4 Å². The Labute approximate surface area is 280 Å². The molecule has 0 heterocycles. The molecule has 3 rings (SSSR count). The number of carbonyl (C=O) groups excluding carboxylic acids is 2. The molecule has 1 aliphatic rings. The van der Waals surface area contributed by atoms with Crippen LogP contribution < -0.4 is 9.47 Å². The first-order chi connectivity index (χ1) is 22.8. The molecule has 0 spiro atoms. The van der Waals surface area contributed by atoms with Gasteiger partial charge >= 0.3 is 11.9 Å². The van der Waals surface area contributed by atoms with E-state index in [4.69, 9.17) is 29.2 Å². The van der Waals surface area contributed by atoms with E-state index in [9.17, 15) is 9.59 Å². The molecule has 0 radical (unpaired) electrons. The molecule has 2 aromatic rings. The maximum absolute atomic E-state index is 11.8. The highest BCUT2D eigenvalue weighted by Crippen LogP contribution is 2.39. The van der Waals surface area contributed by atoms with Crippen LogP contribution in [0.4, 0.5) is 0 Å². The summed E-state index contributed by atoms with van der Waals surface area (Å²) in [7, 11) is 0. The van der Waals surface area contributed by atoms with Crippen LogP contribution in [0.25, 0.3) is 11.1 Å². The van der Waals surface area contributed by atoms with Gasteiger partial charge in [0.15, 0.2) is 0 Å². The third-order valence-electron chi connectivity index (χ3n) is 8.79. The summed E-state index contributed by atoms with van der Waals surface area (Å²) in [5.74, 6) is 1.16. The van der Waals surface area contributed by atoms with Gasteiger partial charge in [-0.3, -0.25) is 0 Å². The Morgan fingerprint density at radius 2 is 1.19 bits per heavy atom. The summed E-state index contributed by atoms with van der Waals surface area (Å²) in [6.07, 6.45) is 16.1. The van der Waals surface area contributed by atoms with E-state index >= 15 is 0 Å². The van der Waals surface area contributed by atoms with Gasteiger partial charge in [0.1, 0.15) is 37.9 Å². The Morgan fingerprint density at radius 1 is 0.681 bits per heavy atom. The number of carbonyl (C=O) groups is 2. The van der Waals surface area contributed by atoms with Gasteiger partial charge < -0.3 is 29.2 Å². The van der Waals surface area contributed by atoms with Gasteiger partial charge in [-0.15, -0.1) is 0 Å². The number of hydrogen-bond acceptors (Lipinski definition) is 8. The first kappa shape index (κ1) is 37.8. The number of hydrogen-bond donors (Lipinski definition) is 2. The number of unbranched alkanes of at least 4 members (excludes halogenated alkanes) is 6. The molecular formula is C39H54O8. The molecule has 0 unspecified atom stereocenters. The summed E-state index contributed by atoms with van der Waals surface area (Å²) < 4.78 is 21.9. The quantitative estimate of drug-likeness (QED) is 0.0758. The zero-order valence-corrected chi connectivity index (χ0v) is 28.2. The van der Waals surface area contributed by atoms with Crippen LogP contribution in [0.2, 0.25) is 0 Å². The molecule has 1 aliphatic carbocycles. The van der Waals surface area contributed by atoms with Gasteiger partial charge in [-0.2, -0.15) is 0 Å². The van der Waals surface area contributed by atoms with Crippen LogP contribution in [0, 0.1) is 5.92 Å². The van der Waals surface area contributed by atoms with E-state index in [1.165, 1.54) is 82.6 Å². The largest absolute Gasteiger partial charge is 0.490 e. The Kier molecular flexibility index (Phi) is 17.1. The maximum Gasteiger partial charge on any atom is 0.335 e. The molecule has 1 fully saturated rings. The van der Waals surface area contributed by atoms with Crippen molar-refractivity contribution >= 4 is 11.9 Å². The number of rotatable bonds is 22. The lowest BCUT2D eigenvalue weighted by molar-refractivity contribution is -0.141.